The molecule has 182 valence electrons. The lowest BCUT2D eigenvalue weighted by Crippen LogP contribution is -2.42. The normalized spacial score (nSPS) is 16.7. The second-order valence-electron chi connectivity index (χ2n) is 9.42. The smallest absolute Gasteiger partial charge is 0.242 e. The SMILES string of the molecule is CCCC(NC[C@@H](O)c1cc(F)cc(F)c1)C(=O)Nc1cn(C(C)(C)CN2CCCC2)cn1. The van der Waals surface area contributed by atoms with Crippen LogP contribution in [0.25, 0.3) is 0 Å². The average molecular weight is 464 g/mol. The van der Waals surface area contributed by atoms with Crippen LogP contribution in [0.2, 0.25) is 0 Å². The van der Waals surface area contributed by atoms with E-state index < -0.39 is 23.8 Å². The van der Waals surface area contributed by atoms with E-state index in [4.69, 9.17) is 0 Å². The fourth-order valence-electron chi connectivity index (χ4n) is 4.26. The largest absolute Gasteiger partial charge is 0.387 e. The summed E-state index contributed by atoms with van der Waals surface area (Å²) in [5.41, 5.74) is -0.0410. The van der Waals surface area contributed by atoms with Gasteiger partial charge in [0.1, 0.15) is 11.6 Å². The highest BCUT2D eigenvalue weighted by Crippen LogP contribution is 2.22. The summed E-state index contributed by atoms with van der Waals surface area (Å²) >= 11 is 0. The first-order valence-corrected chi connectivity index (χ1v) is 11.6. The fraction of sp³-hybridized carbons (Fsp3) is 0.583. The van der Waals surface area contributed by atoms with E-state index in [-0.39, 0.29) is 23.6 Å². The van der Waals surface area contributed by atoms with Gasteiger partial charge in [-0.2, -0.15) is 0 Å². The molecule has 1 amide bonds. The molecule has 1 aliphatic rings. The van der Waals surface area contributed by atoms with Crippen molar-refractivity contribution in [3.8, 4) is 0 Å². The molecule has 2 aromatic rings. The minimum atomic E-state index is -1.15. The molecule has 3 rings (SSSR count). The Balaban J connectivity index is 1.58. The second-order valence-corrected chi connectivity index (χ2v) is 9.42. The first-order chi connectivity index (χ1) is 15.7. The van der Waals surface area contributed by atoms with Gasteiger partial charge in [-0.05, 0) is 63.9 Å². The average Bonchev–Trinajstić information content (AvgIpc) is 3.42. The summed E-state index contributed by atoms with van der Waals surface area (Å²) in [5, 5.41) is 16.2. The van der Waals surface area contributed by atoms with E-state index >= 15 is 0 Å². The van der Waals surface area contributed by atoms with Gasteiger partial charge in [-0.15, -0.1) is 0 Å². The Hall–Kier alpha value is -2.36. The Morgan fingerprint density at radius 3 is 2.52 bits per heavy atom. The number of carbonyl (C=O) groups is 1. The number of likely N-dealkylation sites (tertiary alicyclic amines) is 1. The van der Waals surface area contributed by atoms with Gasteiger partial charge in [-0.1, -0.05) is 13.3 Å². The summed E-state index contributed by atoms with van der Waals surface area (Å²) in [7, 11) is 0. The van der Waals surface area contributed by atoms with Crippen molar-refractivity contribution < 1.29 is 18.7 Å². The van der Waals surface area contributed by atoms with Crippen molar-refractivity contribution in [2.75, 3.05) is 31.5 Å². The molecule has 0 aliphatic carbocycles. The highest BCUT2D eigenvalue weighted by molar-refractivity contribution is 5.93. The van der Waals surface area contributed by atoms with Crippen LogP contribution in [0.3, 0.4) is 0 Å². The monoisotopic (exact) mass is 463 g/mol. The standard InChI is InChI=1S/C24H35F2N5O2/c1-4-7-20(27-13-21(32)17-10-18(25)12-19(26)11-17)23(33)29-22-14-31(16-28-22)24(2,3)15-30-8-5-6-9-30/h10-12,14,16,20-21,27,32H,4-9,13,15H2,1-3H3,(H,29,33)/t20?,21-/m1/s1. The number of rotatable bonds is 11. The number of benzene rings is 1. The molecule has 3 N–H and O–H groups in total. The molecule has 0 spiro atoms. The molecule has 1 unspecified atom stereocenters. The molecule has 2 atom stereocenters. The van der Waals surface area contributed by atoms with Gasteiger partial charge in [0.2, 0.25) is 5.91 Å². The van der Waals surface area contributed by atoms with Crippen LogP contribution in [0.1, 0.15) is 58.1 Å². The molecular weight excluding hydrogens is 428 g/mol. The van der Waals surface area contributed by atoms with Gasteiger partial charge in [-0.3, -0.25) is 4.79 Å². The van der Waals surface area contributed by atoms with Crippen molar-refractivity contribution in [1.29, 1.82) is 0 Å². The van der Waals surface area contributed by atoms with Crippen LogP contribution in [0.15, 0.2) is 30.7 Å². The van der Waals surface area contributed by atoms with E-state index in [1.54, 1.807) is 6.33 Å². The van der Waals surface area contributed by atoms with Crippen LogP contribution in [0.5, 0.6) is 0 Å². The van der Waals surface area contributed by atoms with Crippen LogP contribution >= 0.6 is 0 Å². The lowest BCUT2D eigenvalue weighted by molar-refractivity contribution is -0.118. The molecule has 0 radical (unpaired) electrons. The second kappa shape index (κ2) is 11.2. The molecule has 1 saturated heterocycles. The van der Waals surface area contributed by atoms with Gasteiger partial charge in [0.15, 0.2) is 5.82 Å². The van der Waals surface area contributed by atoms with Crippen molar-refractivity contribution in [3.63, 3.8) is 0 Å². The number of aliphatic hydroxyl groups is 1. The van der Waals surface area contributed by atoms with Crippen LogP contribution in [0, 0.1) is 11.6 Å². The van der Waals surface area contributed by atoms with Gasteiger partial charge in [0, 0.05) is 25.4 Å². The Morgan fingerprint density at radius 2 is 1.88 bits per heavy atom. The molecule has 2 heterocycles. The zero-order valence-electron chi connectivity index (χ0n) is 19.7. The predicted octanol–water partition coefficient (Wildman–Crippen LogP) is 3.42. The van der Waals surface area contributed by atoms with E-state index in [2.05, 4.69) is 34.4 Å². The van der Waals surface area contributed by atoms with Gasteiger partial charge in [0.25, 0.3) is 0 Å². The zero-order chi connectivity index (χ0) is 24.0. The third-order valence-electron chi connectivity index (χ3n) is 6.06. The van der Waals surface area contributed by atoms with Gasteiger partial charge in [-0.25, -0.2) is 13.8 Å². The van der Waals surface area contributed by atoms with Crippen LogP contribution in [-0.2, 0) is 10.3 Å². The number of nitrogens with zero attached hydrogens (tertiary/aromatic N) is 3. The minimum Gasteiger partial charge on any atom is -0.387 e. The Labute approximate surface area is 194 Å². The number of carbonyl (C=O) groups excluding carboxylic acids is 1. The van der Waals surface area contributed by atoms with E-state index in [9.17, 15) is 18.7 Å². The quantitative estimate of drug-likeness (QED) is 0.476. The van der Waals surface area contributed by atoms with Crippen molar-refractivity contribution >= 4 is 11.7 Å². The lowest BCUT2D eigenvalue weighted by atomic mass is 10.1. The molecule has 1 aromatic carbocycles. The van der Waals surface area contributed by atoms with E-state index in [0.29, 0.717) is 12.2 Å². The van der Waals surface area contributed by atoms with Crippen LogP contribution in [0.4, 0.5) is 14.6 Å². The summed E-state index contributed by atoms with van der Waals surface area (Å²) in [6, 6.07) is 2.34. The number of aromatic nitrogens is 2. The molecule has 33 heavy (non-hydrogen) atoms. The van der Waals surface area contributed by atoms with Gasteiger partial charge in [0.05, 0.1) is 24.0 Å². The van der Waals surface area contributed by atoms with E-state index in [1.165, 1.54) is 12.8 Å². The minimum absolute atomic E-state index is 0.0156. The first kappa shape index (κ1) is 25.3. The maximum absolute atomic E-state index is 13.4. The zero-order valence-corrected chi connectivity index (χ0v) is 19.7. The Kier molecular flexibility index (Phi) is 8.56. The number of amides is 1. The third kappa shape index (κ3) is 7.06. The van der Waals surface area contributed by atoms with E-state index in [1.807, 2.05) is 17.7 Å². The van der Waals surface area contributed by atoms with Gasteiger partial charge >= 0.3 is 0 Å². The number of halogens is 2. The molecule has 1 aliphatic heterocycles. The number of anilines is 1. The van der Waals surface area contributed by atoms with Crippen molar-refractivity contribution in [3.05, 3.63) is 47.9 Å². The maximum atomic E-state index is 13.4. The lowest BCUT2D eigenvalue weighted by Gasteiger charge is -2.31. The summed E-state index contributed by atoms with van der Waals surface area (Å²) in [5.74, 6) is -1.31. The number of nitrogens with one attached hydrogen (secondary N) is 2. The summed E-state index contributed by atoms with van der Waals surface area (Å²) in [6.07, 6.45) is 6.17. The van der Waals surface area contributed by atoms with Crippen molar-refractivity contribution in [1.82, 2.24) is 19.8 Å². The fourth-order valence-corrected chi connectivity index (χ4v) is 4.26. The molecule has 7 nitrogen and oxygen atoms in total. The number of imidazole rings is 1. The predicted molar refractivity (Wildman–Crippen MR) is 124 cm³/mol. The highest BCUT2D eigenvalue weighted by atomic mass is 19.1. The van der Waals surface area contributed by atoms with Crippen LogP contribution < -0.4 is 10.6 Å². The highest BCUT2D eigenvalue weighted by Gasteiger charge is 2.26. The van der Waals surface area contributed by atoms with Crippen molar-refractivity contribution in [2.45, 2.75) is 64.1 Å². The molecule has 0 saturated carbocycles. The number of hydrogen-bond donors (Lipinski definition) is 3. The maximum Gasteiger partial charge on any atom is 0.242 e. The molecule has 9 heteroatoms. The van der Waals surface area contributed by atoms with Crippen molar-refractivity contribution in [2.24, 2.45) is 0 Å². The summed E-state index contributed by atoms with van der Waals surface area (Å²) < 4.78 is 28.9. The van der Waals surface area contributed by atoms with Gasteiger partial charge < -0.3 is 25.2 Å². The molecular formula is C24H35F2N5O2. The third-order valence-corrected chi connectivity index (χ3v) is 6.06. The number of hydrogen-bond acceptors (Lipinski definition) is 5. The summed E-state index contributed by atoms with van der Waals surface area (Å²) in [4.78, 5) is 19.7. The molecule has 0 bridgehead atoms. The van der Waals surface area contributed by atoms with E-state index in [0.717, 1.165) is 44.3 Å². The first-order valence-electron chi connectivity index (χ1n) is 11.6. The molecule has 1 aromatic heterocycles. The summed E-state index contributed by atoms with van der Waals surface area (Å²) in [6.45, 7) is 9.37. The van der Waals surface area contributed by atoms with Crippen LogP contribution in [-0.4, -0.2) is 57.7 Å². The topological polar surface area (TPSA) is 82.4 Å². The Morgan fingerprint density at radius 1 is 1.21 bits per heavy atom. The molecule has 1 fully saturated rings. The Bertz CT molecular complexity index is 907. The number of aliphatic hydroxyl groups excluding tert-OH is 1.